The summed E-state index contributed by atoms with van der Waals surface area (Å²) in [7, 11) is 4.05. The minimum Gasteiger partial charge on any atom is -0.399 e. The van der Waals surface area contributed by atoms with E-state index in [0.717, 1.165) is 22.6 Å². The molecule has 4 nitrogen and oxygen atoms in total. The van der Waals surface area contributed by atoms with E-state index in [2.05, 4.69) is 34.5 Å². The smallest absolute Gasteiger partial charge is 0.0421 e. The topological polar surface area (TPSA) is 67.3 Å². The molecule has 5 N–H and O–H groups in total. The first kappa shape index (κ1) is 13.1. The van der Waals surface area contributed by atoms with Crippen LogP contribution < -0.4 is 21.7 Å². The molecule has 2 aromatic rings. The fraction of sp³-hybridized carbons (Fsp3) is 0.200. The lowest BCUT2D eigenvalue weighted by Crippen LogP contribution is -2.08. The van der Waals surface area contributed by atoms with Gasteiger partial charge in [-0.25, -0.2) is 0 Å². The highest BCUT2D eigenvalue weighted by atomic mass is 15.1. The van der Waals surface area contributed by atoms with Gasteiger partial charge in [0.15, 0.2) is 0 Å². The molecular weight excluding hydrogens is 236 g/mol. The molecule has 0 aromatic heterocycles. The number of hydrogen-bond acceptors (Lipinski definition) is 4. The van der Waals surface area contributed by atoms with Crippen LogP contribution in [0.15, 0.2) is 42.5 Å². The predicted octanol–water partition coefficient (Wildman–Crippen LogP) is 2.53. The highest BCUT2D eigenvalue weighted by Gasteiger charge is 2.00. The number of nitrogens with zero attached hydrogens (tertiary/aromatic N) is 1. The zero-order valence-corrected chi connectivity index (χ0v) is 11.4. The Balaban J connectivity index is 2.04. The molecule has 0 saturated carbocycles. The second kappa shape index (κ2) is 5.52. The highest BCUT2D eigenvalue weighted by Crippen LogP contribution is 2.19. The third-order valence-corrected chi connectivity index (χ3v) is 3.03. The number of nitrogens with two attached hydrogens (primary N) is 2. The molecule has 0 aliphatic heterocycles. The van der Waals surface area contributed by atoms with Crippen molar-refractivity contribution >= 4 is 22.7 Å². The quantitative estimate of drug-likeness (QED) is 0.735. The largest absolute Gasteiger partial charge is 0.399 e. The first-order valence-corrected chi connectivity index (χ1v) is 6.21. The first-order chi connectivity index (χ1) is 9.06. The van der Waals surface area contributed by atoms with Crippen molar-refractivity contribution in [3.8, 4) is 0 Å². The number of hydrogen-bond donors (Lipinski definition) is 3. The lowest BCUT2D eigenvalue weighted by molar-refractivity contribution is 1.12. The van der Waals surface area contributed by atoms with Gasteiger partial charge in [0.2, 0.25) is 0 Å². The molecule has 2 aromatic carbocycles. The molecule has 0 spiro atoms. The fourth-order valence-corrected chi connectivity index (χ4v) is 1.85. The number of nitrogen functional groups attached to an aromatic ring is 2. The Morgan fingerprint density at radius 2 is 1.68 bits per heavy atom. The Bertz CT molecular complexity index is 547. The second-order valence-corrected chi connectivity index (χ2v) is 4.75. The van der Waals surface area contributed by atoms with Gasteiger partial charge in [-0.1, -0.05) is 0 Å². The Morgan fingerprint density at radius 3 is 2.32 bits per heavy atom. The molecule has 0 heterocycles. The lowest BCUT2D eigenvalue weighted by atomic mass is 10.1. The number of rotatable bonds is 4. The Kier molecular flexibility index (Phi) is 3.80. The van der Waals surface area contributed by atoms with Crippen molar-refractivity contribution in [2.45, 2.75) is 6.54 Å². The van der Waals surface area contributed by atoms with E-state index in [1.807, 2.05) is 32.3 Å². The van der Waals surface area contributed by atoms with Gasteiger partial charge in [0, 0.05) is 43.4 Å². The minimum absolute atomic E-state index is 0.665. The molecular formula is C15H20N4. The van der Waals surface area contributed by atoms with Crippen LogP contribution in [0.5, 0.6) is 0 Å². The molecule has 0 radical (unpaired) electrons. The van der Waals surface area contributed by atoms with E-state index < -0.39 is 0 Å². The van der Waals surface area contributed by atoms with E-state index in [0.29, 0.717) is 6.54 Å². The summed E-state index contributed by atoms with van der Waals surface area (Å²) in [5.74, 6) is 0. The molecule has 2 rings (SSSR count). The normalized spacial score (nSPS) is 10.2. The minimum atomic E-state index is 0.665. The van der Waals surface area contributed by atoms with Gasteiger partial charge in [0.25, 0.3) is 0 Å². The number of nitrogens with one attached hydrogen (secondary N) is 1. The number of anilines is 4. The Labute approximate surface area is 114 Å². The second-order valence-electron chi connectivity index (χ2n) is 4.75. The van der Waals surface area contributed by atoms with Crippen LogP contribution in [0.3, 0.4) is 0 Å². The van der Waals surface area contributed by atoms with Gasteiger partial charge in [-0.15, -0.1) is 0 Å². The zero-order valence-electron chi connectivity index (χ0n) is 11.4. The van der Waals surface area contributed by atoms with Crippen molar-refractivity contribution < 1.29 is 0 Å². The molecule has 0 saturated heterocycles. The van der Waals surface area contributed by atoms with Gasteiger partial charge in [0.1, 0.15) is 0 Å². The maximum absolute atomic E-state index is 5.92. The van der Waals surface area contributed by atoms with Gasteiger partial charge >= 0.3 is 0 Å². The van der Waals surface area contributed by atoms with Crippen LogP contribution in [0, 0.1) is 0 Å². The number of benzene rings is 2. The van der Waals surface area contributed by atoms with E-state index in [4.69, 9.17) is 11.5 Å². The predicted molar refractivity (Wildman–Crippen MR) is 83.4 cm³/mol. The monoisotopic (exact) mass is 256 g/mol. The third-order valence-electron chi connectivity index (χ3n) is 3.03. The SMILES string of the molecule is CN(C)c1ccc(NCc2cc(N)ccc2N)cc1. The van der Waals surface area contributed by atoms with E-state index >= 15 is 0 Å². The summed E-state index contributed by atoms with van der Waals surface area (Å²) in [6.07, 6.45) is 0. The van der Waals surface area contributed by atoms with Crippen LogP contribution in [-0.2, 0) is 6.54 Å². The summed E-state index contributed by atoms with van der Waals surface area (Å²) in [4.78, 5) is 2.07. The molecule has 100 valence electrons. The summed E-state index contributed by atoms with van der Waals surface area (Å²) in [5.41, 5.74) is 16.4. The Morgan fingerprint density at radius 1 is 1.00 bits per heavy atom. The van der Waals surface area contributed by atoms with E-state index in [1.54, 1.807) is 0 Å². The molecule has 0 atom stereocenters. The van der Waals surface area contributed by atoms with Crippen LogP contribution in [0.4, 0.5) is 22.7 Å². The molecule has 4 heteroatoms. The maximum Gasteiger partial charge on any atom is 0.0421 e. The summed E-state index contributed by atoms with van der Waals surface area (Å²) >= 11 is 0. The van der Waals surface area contributed by atoms with E-state index in [9.17, 15) is 0 Å². The zero-order chi connectivity index (χ0) is 13.8. The van der Waals surface area contributed by atoms with Crippen molar-refractivity contribution in [3.63, 3.8) is 0 Å². The first-order valence-electron chi connectivity index (χ1n) is 6.21. The highest BCUT2D eigenvalue weighted by molar-refractivity contribution is 5.58. The van der Waals surface area contributed by atoms with Crippen LogP contribution in [-0.4, -0.2) is 14.1 Å². The van der Waals surface area contributed by atoms with Crippen molar-refractivity contribution in [2.75, 3.05) is 35.8 Å². The summed E-state index contributed by atoms with van der Waals surface area (Å²) < 4.78 is 0. The summed E-state index contributed by atoms with van der Waals surface area (Å²) in [5, 5.41) is 3.34. The van der Waals surface area contributed by atoms with Gasteiger partial charge in [0.05, 0.1) is 0 Å². The molecule has 0 unspecified atom stereocenters. The average Bonchev–Trinajstić information content (AvgIpc) is 2.40. The standard InChI is InChI=1S/C15H20N4/c1-19(2)14-6-4-13(5-7-14)18-10-11-9-12(16)3-8-15(11)17/h3-9,18H,10,16-17H2,1-2H3. The Hall–Kier alpha value is -2.36. The van der Waals surface area contributed by atoms with Crippen LogP contribution in [0.25, 0.3) is 0 Å². The van der Waals surface area contributed by atoms with Crippen molar-refractivity contribution in [2.24, 2.45) is 0 Å². The summed E-state index contributed by atoms with van der Waals surface area (Å²) in [6, 6.07) is 13.8. The van der Waals surface area contributed by atoms with Crippen molar-refractivity contribution in [3.05, 3.63) is 48.0 Å². The van der Waals surface area contributed by atoms with Gasteiger partial charge in [-0.05, 0) is 48.0 Å². The van der Waals surface area contributed by atoms with E-state index in [-0.39, 0.29) is 0 Å². The third kappa shape index (κ3) is 3.31. The van der Waals surface area contributed by atoms with Crippen LogP contribution >= 0.6 is 0 Å². The maximum atomic E-state index is 5.92. The molecule has 19 heavy (non-hydrogen) atoms. The molecule has 0 bridgehead atoms. The fourth-order valence-electron chi connectivity index (χ4n) is 1.85. The lowest BCUT2D eigenvalue weighted by Gasteiger charge is -2.14. The molecule has 0 amide bonds. The van der Waals surface area contributed by atoms with Gasteiger partial charge in [-0.2, -0.15) is 0 Å². The summed E-state index contributed by atoms with van der Waals surface area (Å²) in [6.45, 7) is 0.665. The molecule has 0 aliphatic rings. The average molecular weight is 256 g/mol. The molecule has 0 aliphatic carbocycles. The van der Waals surface area contributed by atoms with Crippen LogP contribution in [0.2, 0.25) is 0 Å². The van der Waals surface area contributed by atoms with Gasteiger partial charge < -0.3 is 21.7 Å². The van der Waals surface area contributed by atoms with Crippen LogP contribution in [0.1, 0.15) is 5.56 Å². The van der Waals surface area contributed by atoms with Crippen molar-refractivity contribution in [1.82, 2.24) is 0 Å². The van der Waals surface area contributed by atoms with E-state index in [1.165, 1.54) is 5.69 Å². The van der Waals surface area contributed by atoms with Crippen molar-refractivity contribution in [1.29, 1.82) is 0 Å². The molecule has 0 fully saturated rings. The van der Waals surface area contributed by atoms with Gasteiger partial charge in [-0.3, -0.25) is 0 Å².